The third-order valence-corrected chi connectivity index (χ3v) is 16.9. The van der Waals surface area contributed by atoms with Crippen LogP contribution in [0.15, 0.2) is 83.7 Å². The van der Waals surface area contributed by atoms with E-state index in [9.17, 15) is 48.3 Å². The van der Waals surface area contributed by atoms with E-state index >= 15 is 4.39 Å². The molecule has 5 heterocycles. The predicted octanol–water partition coefficient (Wildman–Crippen LogP) is 6.02. The second-order valence-corrected chi connectivity index (χ2v) is 22.7. The number of methoxy groups -OCH3 is 1. The molecule has 0 unspecified atom stereocenters. The fourth-order valence-corrected chi connectivity index (χ4v) is 12.6. The molecule has 11 rings (SSSR count). The standard InChI is InChI=1S/C66H66FN5O21/c1-7-66(82)45-25-50-55-42(27-72(50)60(77)44(45)30-86-63(66)79)54-47(18-17-37-32(2)46(67)26-49(70-55)53(37)54)71-65(81)87-28-36-16-19-51(92-62-59(91-35(5)75)57(90-34(4)74)56(89-33(3)73)58(93-62)61(78)83-6)48(24-36)69-52(76)31-85-23-22-84-21-20-68-64(80)88-29-43-40-14-10-8-12-38(40)39-13-9-11-15-41(39)43/h8-16,19,24-26,43,47,56-59,62,82H,7,17-18,20-23,27-31H2,1-6H3,(H,68,80)(H,69,76)(H,71,81)/t47-,56-,57-,58-,59+,62+,66-/m0/s1. The number of cyclic esters (lactones) is 1. The lowest BCUT2D eigenvalue weighted by atomic mass is 9.81. The van der Waals surface area contributed by atoms with Crippen LogP contribution in [0, 0.1) is 12.7 Å². The van der Waals surface area contributed by atoms with Gasteiger partial charge in [0.15, 0.2) is 23.9 Å². The van der Waals surface area contributed by atoms with Crippen molar-refractivity contribution in [1.29, 1.82) is 0 Å². The number of carbonyl (C=O) groups excluding carboxylic acids is 8. The molecule has 3 amide bonds. The number of aromatic nitrogens is 2. The minimum absolute atomic E-state index is 0.0113. The highest BCUT2D eigenvalue weighted by molar-refractivity contribution is 5.95. The molecule has 3 aliphatic heterocycles. The summed E-state index contributed by atoms with van der Waals surface area (Å²) in [6.07, 6.45) is -9.87. The number of amides is 3. The number of nitrogens with one attached hydrogen (secondary N) is 3. The van der Waals surface area contributed by atoms with Gasteiger partial charge in [0.25, 0.3) is 5.56 Å². The van der Waals surface area contributed by atoms with Crippen molar-refractivity contribution in [3.63, 3.8) is 0 Å². The number of benzene rings is 4. The molecule has 0 radical (unpaired) electrons. The number of fused-ring (bicyclic) bond motifs is 8. The molecule has 26 nitrogen and oxygen atoms in total. The Morgan fingerprint density at radius 2 is 1.49 bits per heavy atom. The topological polar surface area (TPSA) is 329 Å². The SMILES string of the molecule is CC[C@@]1(O)C(=O)OCc2c1cc1n(c2=O)Cc2c-1nc1cc(F)c(C)c3c1c2[C@@H](NC(=O)OCc1ccc(O[C@@H]2O[C@H](C(=O)OC)[C@@H](OC(C)=O)[C@H](OC(C)=O)[C@H]2OC(C)=O)c(NC(=O)COCCOCCNC(=O)OCC2c4ccccc4-c4ccccc42)c1)CC3. The average Bonchev–Trinajstić information content (AvgIpc) is 1.62. The highest BCUT2D eigenvalue weighted by Gasteiger charge is 2.56. The molecule has 1 fully saturated rings. The molecule has 93 heavy (non-hydrogen) atoms. The van der Waals surface area contributed by atoms with Gasteiger partial charge >= 0.3 is 42.0 Å². The second-order valence-electron chi connectivity index (χ2n) is 22.7. The van der Waals surface area contributed by atoms with Crippen molar-refractivity contribution in [2.45, 2.75) is 122 Å². The molecule has 1 saturated heterocycles. The monoisotopic (exact) mass is 1280 g/mol. The summed E-state index contributed by atoms with van der Waals surface area (Å²) < 4.78 is 78.6. The van der Waals surface area contributed by atoms with Gasteiger partial charge in [0.1, 0.15) is 38.0 Å². The number of ether oxygens (including phenoxy) is 11. The fourth-order valence-electron chi connectivity index (χ4n) is 12.6. The first kappa shape index (κ1) is 64.7. The van der Waals surface area contributed by atoms with Crippen LogP contribution in [-0.4, -0.2) is 140 Å². The largest absolute Gasteiger partial charge is 0.467 e. The van der Waals surface area contributed by atoms with Gasteiger partial charge < -0.3 is 77.7 Å². The lowest BCUT2D eigenvalue weighted by Gasteiger charge is -2.43. The van der Waals surface area contributed by atoms with Crippen molar-refractivity contribution >= 4 is 64.5 Å². The van der Waals surface area contributed by atoms with Gasteiger partial charge in [0.05, 0.1) is 67.7 Å². The normalized spacial score (nSPS) is 20.5. The van der Waals surface area contributed by atoms with Crippen LogP contribution in [0.2, 0.25) is 0 Å². The minimum atomic E-state index is -2.10. The Kier molecular flexibility index (Phi) is 18.9. The van der Waals surface area contributed by atoms with Gasteiger partial charge in [-0.15, -0.1) is 0 Å². The molecule has 5 aliphatic rings. The molecule has 2 aliphatic carbocycles. The quantitative estimate of drug-likeness (QED) is 0.0363. The van der Waals surface area contributed by atoms with E-state index in [4.69, 9.17) is 57.1 Å². The Morgan fingerprint density at radius 1 is 0.806 bits per heavy atom. The Morgan fingerprint density at radius 3 is 2.19 bits per heavy atom. The molecule has 6 aromatic rings. The summed E-state index contributed by atoms with van der Waals surface area (Å²) in [5.74, 6) is -6.37. The summed E-state index contributed by atoms with van der Waals surface area (Å²) in [6.45, 7) is 5.20. The zero-order valence-corrected chi connectivity index (χ0v) is 51.4. The van der Waals surface area contributed by atoms with Gasteiger partial charge in [-0.05, 0) is 88.9 Å². The summed E-state index contributed by atoms with van der Waals surface area (Å²) in [5.41, 5.74) is 5.08. The maximum Gasteiger partial charge on any atom is 0.407 e. The number of anilines is 1. The van der Waals surface area contributed by atoms with E-state index in [0.29, 0.717) is 39.8 Å². The zero-order valence-electron chi connectivity index (χ0n) is 51.4. The lowest BCUT2D eigenvalue weighted by molar-refractivity contribution is -0.282. The van der Waals surface area contributed by atoms with Crippen LogP contribution in [0.5, 0.6) is 5.75 Å². The summed E-state index contributed by atoms with van der Waals surface area (Å²) in [5, 5.41) is 20.4. The number of aliphatic hydroxyl groups is 1. The number of carbonyl (C=O) groups is 8. The van der Waals surface area contributed by atoms with Crippen molar-refractivity contribution < 1.29 is 100.0 Å². The summed E-state index contributed by atoms with van der Waals surface area (Å²) in [4.78, 5) is 123. The maximum absolute atomic E-state index is 15.7. The van der Waals surface area contributed by atoms with E-state index in [1.54, 1.807) is 19.9 Å². The zero-order chi connectivity index (χ0) is 66.0. The van der Waals surface area contributed by atoms with Crippen molar-refractivity contribution in [1.82, 2.24) is 20.2 Å². The summed E-state index contributed by atoms with van der Waals surface area (Å²) in [7, 11) is 1.02. The molecule has 4 N–H and O–H groups in total. The van der Waals surface area contributed by atoms with Crippen LogP contribution in [0.1, 0.15) is 103 Å². The molecule has 27 heteroatoms. The molecule has 0 saturated carbocycles. The molecule has 0 spiro atoms. The Labute approximate surface area is 530 Å². The number of halogens is 1. The first-order chi connectivity index (χ1) is 44.7. The molecular formula is C66H66FN5O21. The first-order valence-electron chi connectivity index (χ1n) is 30.0. The predicted molar refractivity (Wildman–Crippen MR) is 321 cm³/mol. The van der Waals surface area contributed by atoms with E-state index in [1.807, 2.05) is 48.5 Å². The van der Waals surface area contributed by atoms with E-state index in [-0.39, 0.29) is 104 Å². The molecule has 0 bridgehead atoms. The number of hydrogen-bond donors (Lipinski definition) is 4. The molecule has 4 aromatic carbocycles. The Bertz CT molecular complexity index is 4030. The van der Waals surface area contributed by atoms with Gasteiger partial charge in [-0.3, -0.25) is 24.0 Å². The van der Waals surface area contributed by atoms with Crippen LogP contribution in [0.25, 0.3) is 33.4 Å². The van der Waals surface area contributed by atoms with E-state index < -0.39 is 115 Å². The number of aryl methyl sites for hydroxylation is 1. The van der Waals surface area contributed by atoms with Crippen molar-refractivity contribution in [2.75, 3.05) is 52.0 Å². The summed E-state index contributed by atoms with van der Waals surface area (Å²) >= 11 is 0. The number of esters is 5. The van der Waals surface area contributed by atoms with Crippen LogP contribution in [0.4, 0.5) is 19.7 Å². The van der Waals surface area contributed by atoms with Crippen molar-refractivity contribution in [3.05, 3.63) is 145 Å². The third-order valence-electron chi connectivity index (χ3n) is 16.9. The van der Waals surface area contributed by atoms with Gasteiger partial charge in [0, 0.05) is 55.8 Å². The van der Waals surface area contributed by atoms with Crippen molar-refractivity contribution in [2.24, 2.45) is 0 Å². The minimum Gasteiger partial charge on any atom is -0.467 e. The van der Waals surface area contributed by atoms with Gasteiger partial charge in [-0.25, -0.2) is 28.6 Å². The van der Waals surface area contributed by atoms with E-state index in [1.165, 1.54) is 28.8 Å². The highest BCUT2D eigenvalue weighted by Crippen LogP contribution is 2.47. The average molecular weight is 1280 g/mol. The smallest absolute Gasteiger partial charge is 0.407 e. The number of pyridine rings is 2. The molecule has 7 atom stereocenters. The number of rotatable bonds is 21. The maximum atomic E-state index is 15.7. The van der Waals surface area contributed by atoms with Gasteiger partial charge in [0.2, 0.25) is 18.3 Å². The lowest BCUT2D eigenvalue weighted by Crippen LogP contribution is -2.64. The number of hydrogen-bond acceptors (Lipinski definition) is 22. The highest BCUT2D eigenvalue weighted by atomic mass is 19.1. The summed E-state index contributed by atoms with van der Waals surface area (Å²) in [6, 6.07) is 22.2. The van der Waals surface area contributed by atoms with Crippen molar-refractivity contribution in [3.8, 4) is 28.3 Å². The van der Waals surface area contributed by atoms with E-state index in [2.05, 4.69) is 16.0 Å². The van der Waals surface area contributed by atoms with Crippen LogP contribution < -0.4 is 26.2 Å². The molecule has 2 aromatic heterocycles. The van der Waals surface area contributed by atoms with Gasteiger partial charge in [-0.1, -0.05) is 61.5 Å². The molecular weight excluding hydrogens is 1220 g/mol. The molecule has 488 valence electrons. The second kappa shape index (κ2) is 27.2. The first-order valence-corrected chi connectivity index (χ1v) is 30.0. The Hall–Kier alpha value is -9.83. The van der Waals surface area contributed by atoms with E-state index in [0.717, 1.165) is 50.1 Å². The Balaban J connectivity index is 0.785. The fraction of sp³-hybridized carbons (Fsp3) is 0.394. The van der Waals surface area contributed by atoms with Gasteiger partial charge in [-0.2, -0.15) is 0 Å². The number of alkyl carbamates (subject to hydrolysis) is 2. The van der Waals surface area contributed by atoms with Crippen LogP contribution >= 0.6 is 0 Å². The number of nitrogens with zero attached hydrogens (tertiary/aromatic N) is 2. The van der Waals surface area contributed by atoms with Crippen LogP contribution in [-0.2, 0) is 108 Å². The third kappa shape index (κ3) is 13.1. The van der Waals surface area contributed by atoms with Crippen LogP contribution in [0.3, 0.4) is 0 Å².